The lowest BCUT2D eigenvalue weighted by Crippen LogP contribution is -2.27. The molecule has 0 radical (unpaired) electrons. The lowest BCUT2D eigenvalue weighted by atomic mass is 10.1. The lowest BCUT2D eigenvalue weighted by molar-refractivity contribution is 0.616. The van der Waals surface area contributed by atoms with Gasteiger partial charge in [0.25, 0.3) is 0 Å². The van der Waals surface area contributed by atoms with Crippen LogP contribution < -0.4 is 9.80 Å². The van der Waals surface area contributed by atoms with Crippen molar-refractivity contribution in [3.8, 4) is 0 Å². The normalized spacial score (nSPS) is 10.7. The van der Waals surface area contributed by atoms with Gasteiger partial charge in [-0.3, -0.25) is 0 Å². The summed E-state index contributed by atoms with van der Waals surface area (Å²) < 4.78 is 0. The predicted octanol–water partition coefficient (Wildman–Crippen LogP) is 6.77. The molecule has 0 saturated heterocycles. The molecule has 27 heavy (non-hydrogen) atoms. The molecule has 0 aliphatic heterocycles. The number of anilines is 2. The third-order valence-corrected chi connectivity index (χ3v) is 5.16. The Kier molecular flexibility index (Phi) is 10.5. The van der Waals surface area contributed by atoms with E-state index in [9.17, 15) is 0 Å². The maximum Gasteiger partial charge on any atom is 0.0366 e. The van der Waals surface area contributed by atoms with Gasteiger partial charge >= 0.3 is 0 Å². The molecule has 0 unspecified atom stereocenters. The van der Waals surface area contributed by atoms with Gasteiger partial charge in [0.2, 0.25) is 0 Å². The van der Waals surface area contributed by atoms with Crippen molar-refractivity contribution >= 4 is 11.4 Å². The molecule has 2 aromatic carbocycles. The molecular weight excluding hydrogens is 328 g/mol. The molecule has 0 bridgehead atoms. The minimum absolute atomic E-state index is 1.17. The van der Waals surface area contributed by atoms with Gasteiger partial charge < -0.3 is 9.80 Å². The van der Waals surface area contributed by atoms with Crippen molar-refractivity contribution in [2.24, 2.45) is 0 Å². The Labute approximate surface area is 167 Å². The number of hydrogen-bond acceptors (Lipinski definition) is 2. The summed E-state index contributed by atoms with van der Waals surface area (Å²) in [6.07, 6.45) is 8.90. The zero-order chi connectivity index (χ0) is 19.2. The van der Waals surface area contributed by atoms with Crippen LogP contribution in [0.15, 0.2) is 60.7 Å². The second kappa shape index (κ2) is 13.2. The van der Waals surface area contributed by atoms with Crippen LogP contribution in [0.25, 0.3) is 0 Å². The van der Waals surface area contributed by atoms with Crippen LogP contribution in [-0.4, -0.2) is 26.2 Å². The second-order valence-corrected chi connectivity index (χ2v) is 7.41. The summed E-state index contributed by atoms with van der Waals surface area (Å²) >= 11 is 0. The van der Waals surface area contributed by atoms with Crippen molar-refractivity contribution in [3.63, 3.8) is 0 Å². The third-order valence-electron chi connectivity index (χ3n) is 5.16. The van der Waals surface area contributed by atoms with Crippen molar-refractivity contribution in [1.82, 2.24) is 0 Å². The first-order chi connectivity index (χ1) is 13.3. The van der Waals surface area contributed by atoms with E-state index in [0.29, 0.717) is 0 Å². The molecule has 0 aliphatic carbocycles. The van der Waals surface area contributed by atoms with Gasteiger partial charge in [-0.05, 0) is 56.4 Å². The standard InChI is InChI=1S/C25H38N2/c1-3-5-20-26(24-16-10-7-11-17-24)22-14-9-15-23-27(21-6-4-2)25-18-12-8-13-19-25/h7-8,10-13,16-19H,3-6,9,14-15,20-23H2,1-2H3. The smallest absolute Gasteiger partial charge is 0.0366 e. The topological polar surface area (TPSA) is 6.48 Å². The van der Waals surface area contributed by atoms with Crippen molar-refractivity contribution in [2.75, 3.05) is 36.0 Å². The molecule has 0 N–H and O–H groups in total. The van der Waals surface area contributed by atoms with E-state index in [0.717, 1.165) is 0 Å². The van der Waals surface area contributed by atoms with E-state index in [1.807, 2.05) is 0 Å². The summed E-state index contributed by atoms with van der Waals surface area (Å²) in [5, 5.41) is 0. The van der Waals surface area contributed by atoms with Gasteiger partial charge in [-0.2, -0.15) is 0 Å². The zero-order valence-corrected chi connectivity index (χ0v) is 17.4. The van der Waals surface area contributed by atoms with Gasteiger partial charge in [0.1, 0.15) is 0 Å². The molecule has 0 saturated carbocycles. The Morgan fingerprint density at radius 1 is 0.481 bits per heavy atom. The maximum absolute atomic E-state index is 2.57. The Balaban J connectivity index is 1.77. The van der Waals surface area contributed by atoms with Crippen LogP contribution in [0.1, 0.15) is 58.8 Å². The molecule has 0 atom stereocenters. The van der Waals surface area contributed by atoms with Gasteiger partial charge in [-0.1, -0.05) is 63.1 Å². The van der Waals surface area contributed by atoms with Gasteiger partial charge in [-0.15, -0.1) is 0 Å². The molecule has 0 amide bonds. The molecule has 0 heterocycles. The molecule has 0 aliphatic rings. The van der Waals surface area contributed by atoms with Gasteiger partial charge in [0.15, 0.2) is 0 Å². The highest BCUT2D eigenvalue weighted by Crippen LogP contribution is 2.17. The first-order valence-corrected chi connectivity index (χ1v) is 10.9. The van der Waals surface area contributed by atoms with E-state index in [-0.39, 0.29) is 0 Å². The van der Waals surface area contributed by atoms with Crippen LogP contribution in [-0.2, 0) is 0 Å². The molecule has 2 heteroatoms. The molecule has 2 rings (SSSR count). The molecular formula is C25H38N2. The Morgan fingerprint density at radius 2 is 0.852 bits per heavy atom. The summed E-state index contributed by atoms with van der Waals surface area (Å²) in [6.45, 7) is 9.24. The quantitative estimate of drug-likeness (QED) is 0.340. The lowest BCUT2D eigenvalue weighted by Gasteiger charge is -2.26. The van der Waals surface area contributed by atoms with E-state index >= 15 is 0 Å². The SMILES string of the molecule is CCCCN(CCCCCN(CCCC)c1ccccc1)c1ccccc1. The number of unbranched alkanes of at least 4 members (excludes halogenated alkanes) is 4. The highest BCUT2D eigenvalue weighted by Gasteiger charge is 2.07. The van der Waals surface area contributed by atoms with Gasteiger partial charge in [0.05, 0.1) is 0 Å². The van der Waals surface area contributed by atoms with Crippen LogP contribution in [0.3, 0.4) is 0 Å². The van der Waals surface area contributed by atoms with Crippen LogP contribution in [0, 0.1) is 0 Å². The highest BCUT2D eigenvalue weighted by molar-refractivity contribution is 5.46. The first-order valence-electron chi connectivity index (χ1n) is 10.9. The minimum Gasteiger partial charge on any atom is -0.372 e. The van der Waals surface area contributed by atoms with Crippen molar-refractivity contribution in [3.05, 3.63) is 60.7 Å². The van der Waals surface area contributed by atoms with Gasteiger partial charge in [-0.25, -0.2) is 0 Å². The monoisotopic (exact) mass is 366 g/mol. The largest absolute Gasteiger partial charge is 0.372 e. The van der Waals surface area contributed by atoms with E-state index in [2.05, 4.69) is 84.3 Å². The van der Waals surface area contributed by atoms with E-state index in [4.69, 9.17) is 0 Å². The van der Waals surface area contributed by atoms with Crippen molar-refractivity contribution in [2.45, 2.75) is 58.8 Å². The van der Waals surface area contributed by atoms with Crippen LogP contribution in [0.5, 0.6) is 0 Å². The average Bonchev–Trinajstić information content (AvgIpc) is 2.73. The second-order valence-electron chi connectivity index (χ2n) is 7.41. The number of nitrogens with zero attached hydrogens (tertiary/aromatic N) is 2. The summed E-state index contributed by atoms with van der Waals surface area (Å²) in [6, 6.07) is 21.8. The van der Waals surface area contributed by atoms with E-state index in [1.54, 1.807) is 0 Å². The molecule has 0 spiro atoms. The Hall–Kier alpha value is -1.96. The fourth-order valence-electron chi connectivity index (χ4n) is 3.50. The maximum atomic E-state index is 2.57. The van der Waals surface area contributed by atoms with Crippen molar-refractivity contribution in [1.29, 1.82) is 0 Å². The predicted molar refractivity (Wildman–Crippen MR) is 121 cm³/mol. The molecule has 0 fully saturated rings. The first kappa shape index (κ1) is 21.3. The third kappa shape index (κ3) is 8.07. The Morgan fingerprint density at radius 3 is 1.22 bits per heavy atom. The van der Waals surface area contributed by atoms with Crippen LogP contribution >= 0.6 is 0 Å². The highest BCUT2D eigenvalue weighted by atomic mass is 15.1. The summed E-state index contributed by atoms with van der Waals surface area (Å²) in [4.78, 5) is 5.13. The molecule has 148 valence electrons. The molecule has 2 aromatic rings. The fraction of sp³-hybridized carbons (Fsp3) is 0.520. The molecule has 0 aromatic heterocycles. The zero-order valence-electron chi connectivity index (χ0n) is 17.4. The fourth-order valence-corrected chi connectivity index (χ4v) is 3.50. The molecule has 2 nitrogen and oxygen atoms in total. The Bertz CT molecular complexity index is 528. The van der Waals surface area contributed by atoms with Crippen LogP contribution in [0.4, 0.5) is 11.4 Å². The number of para-hydroxylation sites is 2. The average molecular weight is 367 g/mol. The minimum atomic E-state index is 1.17. The summed E-state index contributed by atoms with van der Waals surface area (Å²) in [5.41, 5.74) is 2.75. The summed E-state index contributed by atoms with van der Waals surface area (Å²) in [7, 11) is 0. The van der Waals surface area contributed by atoms with Crippen LogP contribution in [0.2, 0.25) is 0 Å². The summed E-state index contributed by atoms with van der Waals surface area (Å²) in [5.74, 6) is 0. The van der Waals surface area contributed by atoms with E-state index < -0.39 is 0 Å². The van der Waals surface area contributed by atoms with E-state index in [1.165, 1.54) is 82.5 Å². The number of benzene rings is 2. The van der Waals surface area contributed by atoms with Crippen molar-refractivity contribution < 1.29 is 0 Å². The number of hydrogen-bond donors (Lipinski definition) is 0. The number of rotatable bonds is 14. The van der Waals surface area contributed by atoms with Gasteiger partial charge in [0, 0.05) is 37.6 Å².